The minimum absolute atomic E-state index is 0. The van der Waals surface area contributed by atoms with E-state index in [2.05, 4.69) is 153 Å². The van der Waals surface area contributed by atoms with Gasteiger partial charge in [0, 0.05) is 42.9 Å². The molecule has 311 valence electrons. The molecule has 0 fully saturated rings. The molecule has 11 aromatic rings. The summed E-state index contributed by atoms with van der Waals surface area (Å²) in [5, 5.41) is 3.07. The van der Waals surface area contributed by atoms with E-state index >= 15 is 0 Å². The summed E-state index contributed by atoms with van der Waals surface area (Å²) < 4.78 is 16.1. The Hall–Kier alpha value is -6.85. The second kappa shape index (κ2) is 17.5. The minimum atomic E-state index is 0. The number of furan rings is 2. The standard InChI is InChI=1S/C46H37N2O2.C11H8N.Ir/c1-27(2)33-19-14-20-34(28(3)4)43(33)48-38-22-13-12-21-37(38)47-46(48)36-26-40-41(29(5)44(50-40)31-17-10-7-11-18-31)42-35-24-23-32(25-39(35)49-45(36)42)30-15-8-6-9-16-30;1-2-6-10(7-3-1)11-8-4-5-9-12-11;/h6-25,27-28H,1-5H3;1-6,8-9H;/q2*-1;. The van der Waals surface area contributed by atoms with E-state index in [-0.39, 0.29) is 20.1 Å². The van der Waals surface area contributed by atoms with Crippen LogP contribution in [0.5, 0.6) is 0 Å². The van der Waals surface area contributed by atoms with Crippen molar-refractivity contribution in [3.63, 3.8) is 0 Å². The summed E-state index contributed by atoms with van der Waals surface area (Å²) in [4.78, 5) is 9.59. The van der Waals surface area contributed by atoms with Crippen molar-refractivity contribution in [1.82, 2.24) is 14.5 Å². The maximum absolute atomic E-state index is 6.99. The Labute approximate surface area is 381 Å². The quantitative estimate of drug-likeness (QED) is 0.149. The van der Waals surface area contributed by atoms with E-state index in [0.29, 0.717) is 17.4 Å². The van der Waals surface area contributed by atoms with Crippen LogP contribution in [0.25, 0.3) is 94.7 Å². The Kier molecular flexibility index (Phi) is 11.5. The van der Waals surface area contributed by atoms with Crippen LogP contribution in [0.1, 0.15) is 56.2 Å². The molecule has 0 aliphatic carbocycles. The second-order valence-corrected chi connectivity index (χ2v) is 16.4. The topological polar surface area (TPSA) is 57.0 Å². The molecule has 0 amide bonds. The Morgan fingerprint density at radius 1 is 0.619 bits per heavy atom. The number of imidazole rings is 1. The number of rotatable bonds is 7. The molecule has 0 atom stereocenters. The molecule has 0 bridgehead atoms. The van der Waals surface area contributed by atoms with Gasteiger partial charge in [-0.3, -0.25) is 4.98 Å². The summed E-state index contributed by atoms with van der Waals surface area (Å²) in [7, 11) is 0. The van der Waals surface area contributed by atoms with E-state index in [0.717, 1.165) is 89.0 Å². The van der Waals surface area contributed by atoms with Gasteiger partial charge in [0.1, 0.15) is 11.3 Å². The molecule has 4 heterocycles. The normalized spacial score (nSPS) is 11.4. The van der Waals surface area contributed by atoms with Gasteiger partial charge in [0.25, 0.3) is 0 Å². The minimum Gasteiger partial charge on any atom is -0.500 e. The van der Waals surface area contributed by atoms with Gasteiger partial charge in [-0.15, -0.1) is 35.9 Å². The largest absolute Gasteiger partial charge is 0.500 e. The van der Waals surface area contributed by atoms with E-state index in [1.165, 1.54) is 16.8 Å². The molecule has 0 N–H and O–H groups in total. The van der Waals surface area contributed by atoms with Crippen LogP contribution in [-0.4, -0.2) is 14.5 Å². The Morgan fingerprint density at radius 3 is 1.98 bits per heavy atom. The molecule has 0 unspecified atom stereocenters. The second-order valence-electron chi connectivity index (χ2n) is 16.4. The smallest absolute Gasteiger partial charge is 0.126 e. The molecule has 5 nitrogen and oxygen atoms in total. The molecule has 0 aliphatic heterocycles. The van der Waals surface area contributed by atoms with Crippen LogP contribution >= 0.6 is 0 Å². The van der Waals surface area contributed by atoms with Crippen LogP contribution in [0.15, 0.2) is 179 Å². The summed E-state index contributed by atoms with van der Waals surface area (Å²) in [6.45, 7) is 11.2. The average Bonchev–Trinajstić information content (AvgIpc) is 4.00. The number of aryl methyl sites for hydroxylation is 1. The van der Waals surface area contributed by atoms with Gasteiger partial charge < -0.3 is 18.4 Å². The Bertz CT molecular complexity index is 3290. The number of fused-ring (bicyclic) bond motifs is 6. The van der Waals surface area contributed by atoms with Crippen molar-refractivity contribution >= 4 is 43.9 Å². The van der Waals surface area contributed by atoms with Gasteiger partial charge in [0.2, 0.25) is 0 Å². The van der Waals surface area contributed by atoms with E-state index in [1.807, 2.05) is 66.7 Å². The molecule has 0 aliphatic rings. The van der Waals surface area contributed by atoms with Crippen molar-refractivity contribution in [1.29, 1.82) is 0 Å². The fraction of sp³-hybridized carbons (Fsp3) is 0.123. The number of para-hydroxylation sites is 3. The summed E-state index contributed by atoms with van der Waals surface area (Å²) in [6.07, 6.45) is 1.79. The van der Waals surface area contributed by atoms with Gasteiger partial charge in [0.05, 0.1) is 28.0 Å². The first kappa shape index (κ1) is 41.5. The summed E-state index contributed by atoms with van der Waals surface area (Å²) in [5.41, 5.74) is 15.1. The number of hydrogen-bond donors (Lipinski definition) is 0. The van der Waals surface area contributed by atoms with Gasteiger partial charge in [0.15, 0.2) is 0 Å². The molecule has 7 aromatic carbocycles. The number of aromatic nitrogens is 3. The number of pyridine rings is 1. The molecule has 1 radical (unpaired) electrons. The molecule has 6 heteroatoms. The van der Waals surface area contributed by atoms with Crippen LogP contribution in [0.4, 0.5) is 0 Å². The number of hydrogen-bond acceptors (Lipinski definition) is 4. The zero-order valence-corrected chi connectivity index (χ0v) is 38.2. The van der Waals surface area contributed by atoms with Crippen LogP contribution in [-0.2, 0) is 20.1 Å². The SMILES string of the molecule is Cc1c(-c2ccccc2)oc2[c-]c(-c3nc4ccccc4n3-c3c(C(C)C)cccc3C(C)C)c3oc4cc(-c5ccccc5)ccc4c3c12.[Ir].[c-]1ccccc1-c1ccccn1. The van der Waals surface area contributed by atoms with E-state index in [9.17, 15) is 0 Å². The van der Waals surface area contributed by atoms with Crippen LogP contribution < -0.4 is 0 Å². The van der Waals surface area contributed by atoms with Crippen LogP contribution in [0, 0.1) is 19.1 Å². The van der Waals surface area contributed by atoms with Gasteiger partial charge >= 0.3 is 0 Å². The van der Waals surface area contributed by atoms with Crippen molar-refractivity contribution < 1.29 is 28.9 Å². The summed E-state index contributed by atoms with van der Waals surface area (Å²) >= 11 is 0. The third-order valence-corrected chi connectivity index (χ3v) is 11.7. The molecule has 11 rings (SSSR count). The Morgan fingerprint density at radius 2 is 1.30 bits per heavy atom. The summed E-state index contributed by atoms with van der Waals surface area (Å²) in [6, 6.07) is 62.9. The fourth-order valence-electron chi connectivity index (χ4n) is 8.69. The van der Waals surface area contributed by atoms with E-state index in [4.69, 9.17) is 13.8 Å². The molecular formula is C57H45IrN3O2-2. The molecule has 4 aromatic heterocycles. The van der Waals surface area contributed by atoms with Crippen molar-refractivity contribution in [2.24, 2.45) is 0 Å². The van der Waals surface area contributed by atoms with Crippen molar-refractivity contribution in [2.45, 2.75) is 46.5 Å². The third kappa shape index (κ3) is 7.60. The zero-order valence-electron chi connectivity index (χ0n) is 35.8. The predicted molar refractivity (Wildman–Crippen MR) is 255 cm³/mol. The van der Waals surface area contributed by atoms with Crippen molar-refractivity contribution in [3.8, 4) is 50.8 Å². The Balaban J connectivity index is 0.000000335. The monoisotopic (exact) mass is 996 g/mol. The first-order chi connectivity index (χ1) is 30.4. The van der Waals surface area contributed by atoms with Gasteiger partial charge in [-0.25, -0.2) is 0 Å². The molecule has 0 spiro atoms. The number of nitrogens with zero attached hydrogens (tertiary/aromatic N) is 3. The van der Waals surface area contributed by atoms with Crippen molar-refractivity contribution in [2.75, 3.05) is 0 Å². The van der Waals surface area contributed by atoms with Crippen LogP contribution in [0.2, 0.25) is 0 Å². The van der Waals surface area contributed by atoms with E-state index < -0.39 is 0 Å². The average molecular weight is 996 g/mol. The zero-order chi connectivity index (χ0) is 42.3. The maximum atomic E-state index is 6.99. The third-order valence-electron chi connectivity index (χ3n) is 11.7. The molecule has 0 saturated carbocycles. The van der Waals surface area contributed by atoms with Gasteiger partial charge in [-0.1, -0.05) is 155 Å². The fourth-order valence-corrected chi connectivity index (χ4v) is 8.69. The number of benzene rings is 7. The van der Waals surface area contributed by atoms with E-state index in [1.54, 1.807) is 6.20 Å². The molecule has 63 heavy (non-hydrogen) atoms. The maximum Gasteiger partial charge on any atom is 0.126 e. The predicted octanol–water partition coefficient (Wildman–Crippen LogP) is 15.6. The summed E-state index contributed by atoms with van der Waals surface area (Å²) in [5.74, 6) is 2.22. The molecule has 0 saturated heterocycles. The van der Waals surface area contributed by atoms with Crippen molar-refractivity contribution in [3.05, 3.63) is 199 Å². The van der Waals surface area contributed by atoms with Gasteiger partial charge in [-0.05, 0) is 87.3 Å². The van der Waals surface area contributed by atoms with Crippen LogP contribution in [0.3, 0.4) is 0 Å². The first-order valence-electron chi connectivity index (χ1n) is 21.3. The molecular weight excluding hydrogens is 951 g/mol. The van der Waals surface area contributed by atoms with Gasteiger partial charge in [-0.2, -0.15) is 0 Å². The first-order valence-corrected chi connectivity index (χ1v) is 21.3.